The zero-order chi connectivity index (χ0) is 14.4. The van der Waals surface area contributed by atoms with E-state index < -0.39 is 4.92 Å². The minimum absolute atomic E-state index is 0.0311. The molecule has 0 saturated heterocycles. The SMILES string of the molecule is CCC(N)CC(=O)N(C)Cc1cccc([N+](=O)[O-])c1. The molecule has 0 saturated carbocycles. The first kappa shape index (κ1) is 15.1. The third-order valence-electron chi connectivity index (χ3n) is 2.93. The summed E-state index contributed by atoms with van der Waals surface area (Å²) < 4.78 is 0. The zero-order valence-corrected chi connectivity index (χ0v) is 11.2. The molecule has 0 aliphatic rings. The van der Waals surface area contributed by atoms with Crippen LogP contribution in [0.5, 0.6) is 0 Å². The van der Waals surface area contributed by atoms with Crippen molar-refractivity contribution in [3.05, 3.63) is 39.9 Å². The van der Waals surface area contributed by atoms with Crippen molar-refractivity contribution in [1.82, 2.24) is 4.90 Å². The molecule has 0 aliphatic heterocycles. The minimum Gasteiger partial charge on any atom is -0.341 e. The number of non-ortho nitro benzene ring substituents is 1. The molecule has 1 aromatic carbocycles. The monoisotopic (exact) mass is 265 g/mol. The maximum absolute atomic E-state index is 11.8. The molecule has 1 aromatic rings. The number of nitro benzene ring substituents is 1. The Morgan fingerprint density at radius 2 is 2.21 bits per heavy atom. The Morgan fingerprint density at radius 3 is 2.79 bits per heavy atom. The lowest BCUT2D eigenvalue weighted by atomic mass is 10.1. The lowest BCUT2D eigenvalue weighted by Gasteiger charge is -2.19. The summed E-state index contributed by atoms with van der Waals surface area (Å²) in [5.74, 6) is -0.0548. The van der Waals surface area contributed by atoms with Crippen LogP contribution in [-0.2, 0) is 11.3 Å². The van der Waals surface area contributed by atoms with Gasteiger partial charge in [-0.2, -0.15) is 0 Å². The van der Waals surface area contributed by atoms with Gasteiger partial charge in [0.05, 0.1) is 4.92 Å². The van der Waals surface area contributed by atoms with Gasteiger partial charge in [-0.25, -0.2) is 0 Å². The molecule has 1 rings (SSSR count). The average Bonchev–Trinajstić information content (AvgIpc) is 2.38. The molecule has 0 bridgehead atoms. The number of nitro groups is 1. The summed E-state index contributed by atoms with van der Waals surface area (Å²) in [6, 6.07) is 6.14. The molecule has 1 unspecified atom stereocenters. The van der Waals surface area contributed by atoms with Gasteiger partial charge in [-0.15, -0.1) is 0 Å². The summed E-state index contributed by atoms with van der Waals surface area (Å²) in [6.07, 6.45) is 1.04. The second-order valence-electron chi connectivity index (χ2n) is 4.55. The fourth-order valence-corrected chi connectivity index (χ4v) is 1.65. The Hall–Kier alpha value is -1.95. The molecular formula is C13H19N3O3. The van der Waals surface area contributed by atoms with Crippen molar-refractivity contribution in [3.8, 4) is 0 Å². The predicted molar refractivity (Wildman–Crippen MR) is 72.5 cm³/mol. The first-order valence-corrected chi connectivity index (χ1v) is 6.17. The highest BCUT2D eigenvalue weighted by atomic mass is 16.6. The van der Waals surface area contributed by atoms with E-state index in [2.05, 4.69) is 0 Å². The smallest absolute Gasteiger partial charge is 0.269 e. The van der Waals surface area contributed by atoms with Crippen LogP contribution in [0.4, 0.5) is 5.69 Å². The molecule has 0 heterocycles. The zero-order valence-electron chi connectivity index (χ0n) is 11.2. The molecule has 104 valence electrons. The van der Waals surface area contributed by atoms with Crippen molar-refractivity contribution >= 4 is 11.6 Å². The van der Waals surface area contributed by atoms with Crippen molar-refractivity contribution in [2.24, 2.45) is 5.73 Å². The summed E-state index contributed by atoms with van der Waals surface area (Å²) >= 11 is 0. The van der Waals surface area contributed by atoms with Crippen LogP contribution in [0.2, 0.25) is 0 Å². The standard InChI is InChI=1S/C13H19N3O3/c1-3-11(14)8-13(17)15(2)9-10-5-4-6-12(7-10)16(18)19/h4-7,11H,3,8-9,14H2,1-2H3. The molecule has 0 fully saturated rings. The summed E-state index contributed by atoms with van der Waals surface area (Å²) in [7, 11) is 1.67. The normalized spacial score (nSPS) is 11.9. The van der Waals surface area contributed by atoms with Gasteiger partial charge in [-0.1, -0.05) is 19.1 Å². The van der Waals surface area contributed by atoms with Gasteiger partial charge >= 0.3 is 0 Å². The Bertz CT molecular complexity index is 462. The Labute approximate surface area is 112 Å². The number of amides is 1. The molecule has 0 spiro atoms. The van der Waals surface area contributed by atoms with E-state index in [-0.39, 0.29) is 17.6 Å². The fraction of sp³-hybridized carbons (Fsp3) is 0.462. The van der Waals surface area contributed by atoms with Gasteiger partial charge in [0.2, 0.25) is 5.91 Å². The highest BCUT2D eigenvalue weighted by molar-refractivity contribution is 5.76. The van der Waals surface area contributed by atoms with E-state index in [1.165, 1.54) is 17.0 Å². The van der Waals surface area contributed by atoms with Gasteiger partial charge < -0.3 is 10.6 Å². The van der Waals surface area contributed by atoms with E-state index in [4.69, 9.17) is 5.73 Å². The second-order valence-corrected chi connectivity index (χ2v) is 4.55. The van der Waals surface area contributed by atoms with E-state index in [9.17, 15) is 14.9 Å². The maximum atomic E-state index is 11.8. The molecule has 0 radical (unpaired) electrons. The number of nitrogens with two attached hydrogens (primary N) is 1. The summed E-state index contributed by atoms with van der Waals surface area (Å²) in [6.45, 7) is 2.27. The number of rotatable bonds is 6. The molecule has 6 heteroatoms. The van der Waals surface area contributed by atoms with Crippen LogP contribution in [0.15, 0.2) is 24.3 Å². The van der Waals surface area contributed by atoms with E-state index in [1.54, 1.807) is 19.2 Å². The molecule has 1 amide bonds. The number of carbonyl (C=O) groups excluding carboxylic acids is 1. The van der Waals surface area contributed by atoms with Crippen LogP contribution in [0.25, 0.3) is 0 Å². The molecule has 1 atom stereocenters. The highest BCUT2D eigenvalue weighted by Crippen LogP contribution is 2.14. The number of nitrogens with zero attached hydrogens (tertiary/aromatic N) is 2. The lowest BCUT2D eigenvalue weighted by molar-refractivity contribution is -0.384. The van der Waals surface area contributed by atoms with Crippen molar-refractivity contribution in [2.45, 2.75) is 32.4 Å². The van der Waals surface area contributed by atoms with E-state index in [1.807, 2.05) is 6.92 Å². The van der Waals surface area contributed by atoms with Crippen molar-refractivity contribution < 1.29 is 9.72 Å². The van der Waals surface area contributed by atoms with Gasteiger partial charge in [0.25, 0.3) is 5.69 Å². The van der Waals surface area contributed by atoms with Gasteiger partial charge in [0.1, 0.15) is 0 Å². The van der Waals surface area contributed by atoms with Crippen LogP contribution < -0.4 is 5.73 Å². The van der Waals surface area contributed by atoms with Crippen molar-refractivity contribution in [2.75, 3.05) is 7.05 Å². The summed E-state index contributed by atoms with van der Waals surface area (Å²) in [5, 5.41) is 10.7. The highest BCUT2D eigenvalue weighted by Gasteiger charge is 2.14. The van der Waals surface area contributed by atoms with Crippen LogP contribution in [-0.4, -0.2) is 28.8 Å². The number of hydrogen-bond acceptors (Lipinski definition) is 4. The van der Waals surface area contributed by atoms with Crippen LogP contribution >= 0.6 is 0 Å². The van der Waals surface area contributed by atoms with Gasteiger partial charge in [0, 0.05) is 38.2 Å². The van der Waals surface area contributed by atoms with Crippen molar-refractivity contribution in [3.63, 3.8) is 0 Å². The van der Waals surface area contributed by atoms with E-state index in [0.29, 0.717) is 13.0 Å². The lowest BCUT2D eigenvalue weighted by Crippen LogP contribution is -2.32. The van der Waals surface area contributed by atoms with E-state index >= 15 is 0 Å². The molecule has 19 heavy (non-hydrogen) atoms. The number of benzene rings is 1. The maximum Gasteiger partial charge on any atom is 0.269 e. The Morgan fingerprint density at radius 1 is 1.53 bits per heavy atom. The second kappa shape index (κ2) is 6.84. The first-order valence-electron chi connectivity index (χ1n) is 6.17. The Balaban J connectivity index is 2.66. The molecule has 6 nitrogen and oxygen atoms in total. The fourth-order valence-electron chi connectivity index (χ4n) is 1.65. The first-order chi connectivity index (χ1) is 8.93. The third kappa shape index (κ3) is 4.67. The van der Waals surface area contributed by atoms with Gasteiger partial charge in [-0.05, 0) is 12.0 Å². The molecular weight excluding hydrogens is 246 g/mol. The topological polar surface area (TPSA) is 89.5 Å². The molecule has 0 aliphatic carbocycles. The molecule has 2 N–H and O–H groups in total. The van der Waals surface area contributed by atoms with Gasteiger partial charge in [-0.3, -0.25) is 14.9 Å². The largest absolute Gasteiger partial charge is 0.341 e. The van der Waals surface area contributed by atoms with Crippen LogP contribution in [0.1, 0.15) is 25.3 Å². The van der Waals surface area contributed by atoms with Gasteiger partial charge in [0.15, 0.2) is 0 Å². The van der Waals surface area contributed by atoms with E-state index in [0.717, 1.165) is 12.0 Å². The summed E-state index contributed by atoms with van der Waals surface area (Å²) in [4.78, 5) is 23.6. The molecule has 0 aromatic heterocycles. The third-order valence-corrected chi connectivity index (χ3v) is 2.93. The van der Waals surface area contributed by atoms with Crippen LogP contribution in [0, 0.1) is 10.1 Å². The summed E-state index contributed by atoms with van der Waals surface area (Å²) in [5.41, 5.74) is 6.49. The quantitative estimate of drug-likeness (QED) is 0.626. The predicted octanol–water partition coefficient (Wildman–Crippen LogP) is 1.68. The number of hydrogen-bond donors (Lipinski definition) is 1. The van der Waals surface area contributed by atoms with Crippen molar-refractivity contribution in [1.29, 1.82) is 0 Å². The average molecular weight is 265 g/mol. The van der Waals surface area contributed by atoms with Crippen LogP contribution in [0.3, 0.4) is 0 Å². The number of carbonyl (C=O) groups is 1. The minimum atomic E-state index is -0.446. The Kier molecular flexibility index (Phi) is 5.44.